The van der Waals surface area contributed by atoms with Gasteiger partial charge in [-0.3, -0.25) is 4.90 Å². The van der Waals surface area contributed by atoms with Gasteiger partial charge in [-0.2, -0.15) is 0 Å². The molecule has 3 heteroatoms. The van der Waals surface area contributed by atoms with Crippen molar-refractivity contribution in [3.05, 3.63) is 21.9 Å². The Labute approximate surface area is 71.6 Å². The standard InChI is InChI=1S/C8H14N2S/c1-7-3-4-11-8(7)5-10(2)6-9/h3-4H,5-6,9H2,1-2H3. The molecule has 1 aromatic rings. The van der Waals surface area contributed by atoms with Gasteiger partial charge in [0, 0.05) is 18.1 Å². The first-order valence-corrected chi connectivity index (χ1v) is 4.53. The first kappa shape index (κ1) is 8.71. The van der Waals surface area contributed by atoms with Crippen LogP contribution in [0.25, 0.3) is 0 Å². The zero-order valence-corrected chi connectivity index (χ0v) is 7.82. The first-order chi connectivity index (χ1) is 5.24. The average molecular weight is 170 g/mol. The summed E-state index contributed by atoms with van der Waals surface area (Å²) in [6.07, 6.45) is 0. The van der Waals surface area contributed by atoms with E-state index in [0.29, 0.717) is 6.67 Å². The van der Waals surface area contributed by atoms with Gasteiger partial charge < -0.3 is 5.73 Å². The van der Waals surface area contributed by atoms with Crippen molar-refractivity contribution in [3.63, 3.8) is 0 Å². The number of nitrogens with two attached hydrogens (primary N) is 1. The van der Waals surface area contributed by atoms with Crippen molar-refractivity contribution in [1.82, 2.24) is 4.90 Å². The van der Waals surface area contributed by atoms with Crippen LogP contribution in [0.3, 0.4) is 0 Å². The molecule has 0 aromatic carbocycles. The van der Waals surface area contributed by atoms with Crippen LogP contribution < -0.4 is 5.73 Å². The summed E-state index contributed by atoms with van der Waals surface area (Å²) < 4.78 is 0. The van der Waals surface area contributed by atoms with Crippen molar-refractivity contribution in [2.45, 2.75) is 13.5 Å². The minimum Gasteiger partial charge on any atom is -0.318 e. The highest BCUT2D eigenvalue weighted by atomic mass is 32.1. The van der Waals surface area contributed by atoms with Crippen LogP contribution in [0.4, 0.5) is 0 Å². The van der Waals surface area contributed by atoms with Crippen molar-refractivity contribution in [2.75, 3.05) is 13.7 Å². The van der Waals surface area contributed by atoms with Crippen LogP contribution in [0, 0.1) is 6.92 Å². The second-order valence-electron chi connectivity index (χ2n) is 2.72. The summed E-state index contributed by atoms with van der Waals surface area (Å²) in [7, 11) is 2.03. The maximum atomic E-state index is 5.47. The maximum absolute atomic E-state index is 5.47. The maximum Gasteiger partial charge on any atom is 0.0456 e. The van der Waals surface area contributed by atoms with Crippen molar-refractivity contribution in [2.24, 2.45) is 5.73 Å². The van der Waals surface area contributed by atoms with Gasteiger partial charge in [0.1, 0.15) is 0 Å². The molecule has 11 heavy (non-hydrogen) atoms. The third-order valence-electron chi connectivity index (χ3n) is 1.69. The van der Waals surface area contributed by atoms with E-state index < -0.39 is 0 Å². The van der Waals surface area contributed by atoms with Gasteiger partial charge in [0.15, 0.2) is 0 Å². The van der Waals surface area contributed by atoms with E-state index in [4.69, 9.17) is 5.73 Å². The van der Waals surface area contributed by atoms with Crippen molar-refractivity contribution in [1.29, 1.82) is 0 Å². The average Bonchev–Trinajstić information content (AvgIpc) is 2.37. The summed E-state index contributed by atoms with van der Waals surface area (Å²) in [6, 6.07) is 2.14. The summed E-state index contributed by atoms with van der Waals surface area (Å²) in [4.78, 5) is 3.51. The molecule has 0 amide bonds. The molecule has 62 valence electrons. The SMILES string of the molecule is Cc1ccsc1CN(C)CN. The Kier molecular flexibility index (Phi) is 3.05. The van der Waals surface area contributed by atoms with Crippen LogP contribution >= 0.6 is 11.3 Å². The molecule has 0 saturated carbocycles. The van der Waals surface area contributed by atoms with Gasteiger partial charge in [-0.1, -0.05) is 0 Å². The van der Waals surface area contributed by atoms with E-state index in [0.717, 1.165) is 6.54 Å². The summed E-state index contributed by atoms with van der Waals surface area (Å²) >= 11 is 1.80. The quantitative estimate of drug-likeness (QED) is 0.695. The van der Waals surface area contributed by atoms with E-state index in [1.54, 1.807) is 11.3 Å². The van der Waals surface area contributed by atoms with E-state index >= 15 is 0 Å². The zero-order chi connectivity index (χ0) is 8.27. The van der Waals surface area contributed by atoms with E-state index in [-0.39, 0.29) is 0 Å². The summed E-state index contributed by atoms with van der Waals surface area (Å²) in [5.74, 6) is 0. The van der Waals surface area contributed by atoms with Crippen LogP contribution in [0.15, 0.2) is 11.4 Å². The van der Waals surface area contributed by atoms with Crippen LogP contribution in [-0.2, 0) is 6.54 Å². The Morgan fingerprint density at radius 1 is 1.64 bits per heavy atom. The lowest BCUT2D eigenvalue weighted by Crippen LogP contribution is -2.24. The normalized spacial score (nSPS) is 10.9. The minimum atomic E-state index is 0.622. The Morgan fingerprint density at radius 3 is 2.82 bits per heavy atom. The Bertz CT molecular complexity index is 220. The predicted molar refractivity (Wildman–Crippen MR) is 49.6 cm³/mol. The molecule has 0 unspecified atom stereocenters. The number of aryl methyl sites for hydroxylation is 1. The van der Waals surface area contributed by atoms with E-state index in [1.807, 2.05) is 7.05 Å². The molecule has 0 bridgehead atoms. The molecule has 0 fully saturated rings. The Balaban J connectivity index is 2.56. The molecule has 1 rings (SSSR count). The molecule has 2 N–H and O–H groups in total. The van der Waals surface area contributed by atoms with Crippen molar-refractivity contribution < 1.29 is 0 Å². The molecule has 0 atom stereocenters. The van der Waals surface area contributed by atoms with Crippen LogP contribution in [0.5, 0.6) is 0 Å². The van der Waals surface area contributed by atoms with Crippen molar-refractivity contribution in [3.8, 4) is 0 Å². The van der Waals surface area contributed by atoms with Crippen molar-refractivity contribution >= 4 is 11.3 Å². The molecular formula is C8H14N2S. The second kappa shape index (κ2) is 3.85. The predicted octanol–water partition coefficient (Wildman–Crippen LogP) is 1.40. The lowest BCUT2D eigenvalue weighted by Gasteiger charge is -2.12. The van der Waals surface area contributed by atoms with Crippen LogP contribution in [0.2, 0.25) is 0 Å². The number of rotatable bonds is 3. The fourth-order valence-corrected chi connectivity index (χ4v) is 1.86. The second-order valence-corrected chi connectivity index (χ2v) is 3.72. The molecule has 0 aliphatic rings. The molecule has 0 aliphatic heterocycles. The number of hydrogen-bond donors (Lipinski definition) is 1. The molecule has 0 spiro atoms. The third-order valence-corrected chi connectivity index (χ3v) is 2.70. The van der Waals surface area contributed by atoms with Gasteiger partial charge in [-0.05, 0) is 31.0 Å². The summed E-state index contributed by atoms with van der Waals surface area (Å²) in [5, 5.41) is 2.12. The van der Waals surface area contributed by atoms with Gasteiger partial charge in [-0.25, -0.2) is 0 Å². The van der Waals surface area contributed by atoms with Crippen LogP contribution in [0.1, 0.15) is 10.4 Å². The molecule has 2 nitrogen and oxygen atoms in total. The lowest BCUT2D eigenvalue weighted by molar-refractivity contribution is 0.340. The fourth-order valence-electron chi connectivity index (χ4n) is 0.876. The molecule has 0 radical (unpaired) electrons. The molecular weight excluding hydrogens is 156 g/mol. The number of nitrogens with zero attached hydrogens (tertiary/aromatic N) is 1. The molecule has 0 saturated heterocycles. The minimum absolute atomic E-state index is 0.622. The molecule has 0 aliphatic carbocycles. The van der Waals surface area contributed by atoms with Gasteiger partial charge in [-0.15, -0.1) is 11.3 Å². The zero-order valence-electron chi connectivity index (χ0n) is 7.00. The van der Waals surface area contributed by atoms with E-state index in [9.17, 15) is 0 Å². The number of hydrogen-bond acceptors (Lipinski definition) is 3. The van der Waals surface area contributed by atoms with Crippen LogP contribution in [-0.4, -0.2) is 18.6 Å². The topological polar surface area (TPSA) is 29.3 Å². The smallest absolute Gasteiger partial charge is 0.0456 e. The Hall–Kier alpha value is -0.380. The summed E-state index contributed by atoms with van der Waals surface area (Å²) in [5.41, 5.74) is 6.84. The highest BCUT2D eigenvalue weighted by Gasteiger charge is 2.01. The van der Waals surface area contributed by atoms with Gasteiger partial charge >= 0.3 is 0 Å². The third kappa shape index (κ3) is 2.29. The highest BCUT2D eigenvalue weighted by Crippen LogP contribution is 2.16. The largest absolute Gasteiger partial charge is 0.318 e. The van der Waals surface area contributed by atoms with E-state index in [2.05, 4.69) is 23.3 Å². The monoisotopic (exact) mass is 170 g/mol. The van der Waals surface area contributed by atoms with Gasteiger partial charge in [0.2, 0.25) is 0 Å². The van der Waals surface area contributed by atoms with Gasteiger partial charge in [0.25, 0.3) is 0 Å². The fraction of sp³-hybridized carbons (Fsp3) is 0.500. The number of thiophene rings is 1. The Morgan fingerprint density at radius 2 is 2.36 bits per heavy atom. The molecule has 1 aromatic heterocycles. The summed E-state index contributed by atoms with van der Waals surface area (Å²) in [6.45, 7) is 3.73. The van der Waals surface area contributed by atoms with E-state index in [1.165, 1.54) is 10.4 Å². The van der Waals surface area contributed by atoms with Gasteiger partial charge in [0.05, 0.1) is 0 Å². The highest BCUT2D eigenvalue weighted by molar-refractivity contribution is 7.10. The molecule has 1 heterocycles. The first-order valence-electron chi connectivity index (χ1n) is 3.65. The lowest BCUT2D eigenvalue weighted by atomic mass is 10.3.